The Morgan fingerprint density at radius 2 is 2.29 bits per heavy atom. The first-order valence-electron chi connectivity index (χ1n) is 5.47. The lowest BCUT2D eigenvalue weighted by atomic mass is 10.3. The molecular formula is C11H15N5O. The number of imidazole rings is 1. The van der Waals surface area contributed by atoms with Crippen LogP contribution in [-0.4, -0.2) is 33.6 Å². The minimum absolute atomic E-state index is 0.563. The summed E-state index contributed by atoms with van der Waals surface area (Å²) in [4.78, 5) is 15.5. The molecule has 0 aromatic carbocycles. The van der Waals surface area contributed by atoms with Crippen LogP contribution in [0.2, 0.25) is 0 Å². The van der Waals surface area contributed by atoms with Gasteiger partial charge in [0.05, 0.1) is 7.11 Å². The van der Waals surface area contributed by atoms with Crippen LogP contribution in [0.15, 0.2) is 24.7 Å². The minimum Gasteiger partial charge on any atom is -0.481 e. The first kappa shape index (κ1) is 11.4. The van der Waals surface area contributed by atoms with Crippen molar-refractivity contribution in [3.8, 4) is 5.88 Å². The number of aromatic amines is 1. The Balaban J connectivity index is 1.74. The molecule has 2 aromatic heterocycles. The molecule has 2 N–H and O–H groups in total. The normalized spacial score (nSPS) is 10.2. The standard InChI is InChI=1S/C11H15N5O/c1-17-10-4-6-15-11(16-10)14-5-2-3-9-12-7-8-13-9/h4,6-8H,2-3,5H2,1H3,(H,12,13)(H,14,15,16). The van der Waals surface area contributed by atoms with Crippen molar-refractivity contribution in [2.45, 2.75) is 12.8 Å². The number of aromatic nitrogens is 4. The van der Waals surface area contributed by atoms with Gasteiger partial charge < -0.3 is 15.0 Å². The molecule has 2 aromatic rings. The second kappa shape index (κ2) is 5.83. The number of ether oxygens (including phenoxy) is 1. The Hall–Kier alpha value is -2.11. The van der Waals surface area contributed by atoms with Crippen molar-refractivity contribution in [1.29, 1.82) is 0 Å². The van der Waals surface area contributed by atoms with Gasteiger partial charge in [0.2, 0.25) is 11.8 Å². The zero-order chi connectivity index (χ0) is 11.9. The molecule has 0 fully saturated rings. The summed E-state index contributed by atoms with van der Waals surface area (Å²) in [5.41, 5.74) is 0. The molecule has 6 heteroatoms. The van der Waals surface area contributed by atoms with Crippen LogP contribution in [-0.2, 0) is 6.42 Å². The molecule has 0 amide bonds. The summed E-state index contributed by atoms with van der Waals surface area (Å²) >= 11 is 0. The highest BCUT2D eigenvalue weighted by Gasteiger charge is 1.99. The van der Waals surface area contributed by atoms with Crippen LogP contribution in [0.5, 0.6) is 5.88 Å². The summed E-state index contributed by atoms with van der Waals surface area (Å²) in [6.07, 6.45) is 7.13. The van der Waals surface area contributed by atoms with Gasteiger partial charge in [0.1, 0.15) is 5.82 Å². The molecule has 0 saturated carbocycles. The van der Waals surface area contributed by atoms with Gasteiger partial charge in [0.15, 0.2) is 0 Å². The van der Waals surface area contributed by atoms with Crippen LogP contribution in [0.3, 0.4) is 0 Å². The third kappa shape index (κ3) is 3.44. The number of hydrogen-bond donors (Lipinski definition) is 2. The van der Waals surface area contributed by atoms with E-state index in [2.05, 4.69) is 25.3 Å². The fraction of sp³-hybridized carbons (Fsp3) is 0.364. The Morgan fingerprint density at radius 1 is 1.35 bits per heavy atom. The highest BCUT2D eigenvalue weighted by Crippen LogP contribution is 2.07. The topological polar surface area (TPSA) is 75.7 Å². The number of rotatable bonds is 6. The smallest absolute Gasteiger partial charge is 0.225 e. The lowest BCUT2D eigenvalue weighted by Crippen LogP contribution is -2.07. The highest BCUT2D eigenvalue weighted by molar-refractivity contribution is 5.27. The lowest BCUT2D eigenvalue weighted by molar-refractivity contribution is 0.397. The van der Waals surface area contributed by atoms with Crippen molar-refractivity contribution in [2.24, 2.45) is 0 Å². The molecule has 0 aliphatic heterocycles. The third-order valence-electron chi connectivity index (χ3n) is 2.27. The van der Waals surface area contributed by atoms with E-state index in [0.717, 1.165) is 25.2 Å². The van der Waals surface area contributed by atoms with Crippen molar-refractivity contribution >= 4 is 5.95 Å². The van der Waals surface area contributed by atoms with E-state index in [0.29, 0.717) is 11.8 Å². The fourth-order valence-corrected chi connectivity index (χ4v) is 1.43. The number of H-pyrrole nitrogens is 1. The largest absolute Gasteiger partial charge is 0.481 e. The molecule has 0 unspecified atom stereocenters. The van der Waals surface area contributed by atoms with E-state index in [9.17, 15) is 0 Å². The molecule has 0 spiro atoms. The van der Waals surface area contributed by atoms with Crippen LogP contribution in [0.1, 0.15) is 12.2 Å². The van der Waals surface area contributed by atoms with Crippen molar-refractivity contribution in [3.63, 3.8) is 0 Å². The quantitative estimate of drug-likeness (QED) is 0.734. The van der Waals surface area contributed by atoms with Crippen molar-refractivity contribution in [1.82, 2.24) is 19.9 Å². The Bertz CT molecular complexity index is 443. The van der Waals surface area contributed by atoms with Gasteiger partial charge in [0, 0.05) is 37.6 Å². The summed E-state index contributed by atoms with van der Waals surface area (Å²) in [7, 11) is 1.59. The van der Waals surface area contributed by atoms with Gasteiger partial charge in [-0.05, 0) is 6.42 Å². The lowest BCUT2D eigenvalue weighted by Gasteiger charge is -2.04. The molecule has 0 aliphatic carbocycles. The van der Waals surface area contributed by atoms with Gasteiger partial charge in [-0.25, -0.2) is 9.97 Å². The van der Waals surface area contributed by atoms with Crippen LogP contribution < -0.4 is 10.1 Å². The summed E-state index contributed by atoms with van der Waals surface area (Å²) in [5.74, 6) is 2.15. The molecular weight excluding hydrogens is 218 g/mol. The average Bonchev–Trinajstić information content (AvgIpc) is 2.88. The number of anilines is 1. The number of aryl methyl sites for hydroxylation is 1. The number of methoxy groups -OCH3 is 1. The summed E-state index contributed by atoms with van der Waals surface area (Å²) in [6.45, 7) is 0.799. The summed E-state index contributed by atoms with van der Waals surface area (Å²) in [5, 5.41) is 3.14. The van der Waals surface area contributed by atoms with Crippen molar-refractivity contribution < 1.29 is 4.74 Å². The maximum absolute atomic E-state index is 5.01. The molecule has 0 bridgehead atoms. The van der Waals surface area contributed by atoms with Gasteiger partial charge in [-0.3, -0.25) is 0 Å². The zero-order valence-electron chi connectivity index (χ0n) is 9.68. The first-order valence-corrected chi connectivity index (χ1v) is 5.47. The van der Waals surface area contributed by atoms with E-state index in [-0.39, 0.29) is 0 Å². The van der Waals surface area contributed by atoms with Crippen molar-refractivity contribution in [3.05, 3.63) is 30.5 Å². The first-order chi connectivity index (χ1) is 8.38. The maximum atomic E-state index is 5.01. The number of nitrogens with zero attached hydrogens (tertiary/aromatic N) is 3. The fourth-order valence-electron chi connectivity index (χ4n) is 1.43. The van der Waals surface area contributed by atoms with Crippen molar-refractivity contribution in [2.75, 3.05) is 19.0 Å². The molecule has 6 nitrogen and oxygen atoms in total. The van der Waals surface area contributed by atoms with E-state index < -0.39 is 0 Å². The second-order valence-electron chi connectivity index (χ2n) is 3.49. The van der Waals surface area contributed by atoms with E-state index in [1.807, 2.05) is 6.20 Å². The van der Waals surface area contributed by atoms with Gasteiger partial charge in [-0.2, -0.15) is 4.98 Å². The van der Waals surface area contributed by atoms with Crippen LogP contribution in [0, 0.1) is 0 Å². The molecule has 0 radical (unpaired) electrons. The van der Waals surface area contributed by atoms with E-state index in [4.69, 9.17) is 4.74 Å². The number of nitrogens with one attached hydrogen (secondary N) is 2. The molecule has 17 heavy (non-hydrogen) atoms. The molecule has 2 rings (SSSR count). The average molecular weight is 233 g/mol. The zero-order valence-corrected chi connectivity index (χ0v) is 9.68. The minimum atomic E-state index is 0.563. The Kier molecular flexibility index (Phi) is 3.90. The van der Waals surface area contributed by atoms with Gasteiger partial charge >= 0.3 is 0 Å². The summed E-state index contributed by atoms with van der Waals surface area (Å²) < 4.78 is 5.01. The SMILES string of the molecule is COc1ccnc(NCCCc2ncc[nH]2)n1. The van der Waals surface area contributed by atoms with Gasteiger partial charge in [0.25, 0.3) is 0 Å². The van der Waals surface area contributed by atoms with E-state index in [1.54, 1.807) is 25.6 Å². The molecule has 0 atom stereocenters. The van der Waals surface area contributed by atoms with E-state index in [1.165, 1.54) is 0 Å². The predicted molar refractivity (Wildman–Crippen MR) is 64.0 cm³/mol. The molecule has 0 saturated heterocycles. The molecule has 0 aliphatic rings. The van der Waals surface area contributed by atoms with E-state index >= 15 is 0 Å². The summed E-state index contributed by atoms with van der Waals surface area (Å²) in [6, 6.07) is 1.72. The third-order valence-corrected chi connectivity index (χ3v) is 2.27. The second-order valence-corrected chi connectivity index (χ2v) is 3.49. The highest BCUT2D eigenvalue weighted by atomic mass is 16.5. The van der Waals surface area contributed by atoms with Gasteiger partial charge in [-0.15, -0.1) is 0 Å². The molecule has 90 valence electrons. The van der Waals surface area contributed by atoms with Gasteiger partial charge in [-0.1, -0.05) is 0 Å². The Morgan fingerprint density at radius 3 is 3.06 bits per heavy atom. The maximum Gasteiger partial charge on any atom is 0.225 e. The van der Waals surface area contributed by atoms with Crippen LogP contribution in [0.4, 0.5) is 5.95 Å². The van der Waals surface area contributed by atoms with Crippen LogP contribution in [0.25, 0.3) is 0 Å². The predicted octanol–water partition coefficient (Wildman–Crippen LogP) is 1.25. The Labute approximate surface area is 99.5 Å². The monoisotopic (exact) mass is 233 g/mol. The molecule has 2 heterocycles. The number of hydrogen-bond acceptors (Lipinski definition) is 5. The van der Waals surface area contributed by atoms with Crippen LogP contribution >= 0.6 is 0 Å².